The second-order valence-electron chi connectivity index (χ2n) is 20.1. The molecule has 0 bridgehead atoms. The predicted molar refractivity (Wildman–Crippen MR) is 308 cm³/mol. The molecule has 0 fully saturated rings. The monoisotopic (exact) mass is 1210 g/mol. The molecule has 0 radical (unpaired) electrons. The first-order chi connectivity index (χ1) is 38.1. The summed E-state index contributed by atoms with van der Waals surface area (Å²) in [5, 5.41) is 9.56. The minimum atomic E-state index is -1.30. The Hall–Kier alpha value is -6.98. The average molecular weight is 1210 g/mol. The van der Waals surface area contributed by atoms with Gasteiger partial charge < -0.3 is 69.3 Å². The number of hydrogen-bond donors (Lipinski definition) is 4. The zero-order valence-corrected chi connectivity index (χ0v) is 52.6. The lowest BCUT2D eigenvalue weighted by atomic mass is 10.1. The van der Waals surface area contributed by atoms with Crippen LogP contribution in [-0.4, -0.2) is 269 Å². The summed E-state index contributed by atoms with van der Waals surface area (Å²) in [5.41, 5.74) is -1.71. The van der Waals surface area contributed by atoms with Crippen molar-refractivity contribution in [2.45, 2.75) is 116 Å². The van der Waals surface area contributed by atoms with E-state index in [1.807, 2.05) is 0 Å². The number of carbonyl (C=O) groups excluding carboxylic acids is 12. The second-order valence-corrected chi connectivity index (χ2v) is 21.9. The standard InChI is InChI=1S/2C26H45N5O9S/c2*1-11-13-39-25(37)31(8)18(12-2)23(35)30(7)19(16-41-10)22(34)29(6)15-17(21(33)27-14-20(32)38-9)28-24(36)40-26(3,4)5/h2*11,17-19H,1,12-16H2,2-10H3,(H,27,33)(H,28,36)/t2*17-,18+,19+/m11/s1. The van der Waals surface area contributed by atoms with Crippen LogP contribution in [0.25, 0.3) is 0 Å². The van der Waals surface area contributed by atoms with Crippen LogP contribution < -0.4 is 21.3 Å². The fourth-order valence-electron chi connectivity index (χ4n) is 6.97. The van der Waals surface area contributed by atoms with Gasteiger partial charge in [-0.2, -0.15) is 23.5 Å². The number of nitrogens with zero attached hydrogens (tertiary/aromatic N) is 6. The van der Waals surface area contributed by atoms with Crippen molar-refractivity contribution >= 4 is 95.3 Å². The van der Waals surface area contributed by atoms with Gasteiger partial charge in [0.25, 0.3) is 0 Å². The molecule has 30 heteroatoms. The molecular weight excluding hydrogens is 1120 g/mol. The van der Waals surface area contributed by atoms with Gasteiger partial charge in [-0.05, 0) is 66.9 Å². The molecular formula is C52H90N10O18S2. The molecule has 28 nitrogen and oxygen atoms in total. The smallest absolute Gasteiger partial charge is 0.410 e. The highest BCUT2D eigenvalue weighted by molar-refractivity contribution is 7.98. The van der Waals surface area contributed by atoms with E-state index >= 15 is 0 Å². The summed E-state index contributed by atoms with van der Waals surface area (Å²) in [7, 11) is 10.9. The predicted octanol–water partition coefficient (Wildman–Crippen LogP) is 1.70. The van der Waals surface area contributed by atoms with E-state index in [0.717, 1.165) is 14.2 Å². The Bertz CT molecular complexity index is 2030. The lowest BCUT2D eigenvalue weighted by Gasteiger charge is -2.35. The minimum absolute atomic E-state index is 0.0201. The Morgan fingerprint density at radius 3 is 1.05 bits per heavy atom. The van der Waals surface area contributed by atoms with Crippen molar-refractivity contribution < 1.29 is 86.0 Å². The number of likely N-dealkylation sites (N-methyl/N-ethyl adjacent to an activating group) is 6. The van der Waals surface area contributed by atoms with E-state index in [9.17, 15) is 57.5 Å². The lowest BCUT2D eigenvalue weighted by Crippen LogP contribution is -2.58. The SMILES string of the molecule is C=CCOC(=O)N(C)[C@@H](CC)C(=O)N(C)[C@@H](CSC)C(=O)N(C)C[C@@H](NC(=O)OC(C)(C)C)C(=O)NCC(=O)OC.C=CCOC(=O)N(C)[C@@H](CC)C(=O)N(C)[C@@H](CSC)C(=O)N(C)C[C@@H](NC(=O)OC(C)(C)C)C(=O)NCC(=O)OC. The lowest BCUT2D eigenvalue weighted by molar-refractivity contribution is -0.146. The molecule has 0 aliphatic rings. The van der Waals surface area contributed by atoms with Gasteiger partial charge in [0.15, 0.2) is 0 Å². The molecule has 0 heterocycles. The maximum atomic E-state index is 13.6. The normalized spacial score (nSPS) is 13.0. The molecule has 0 spiro atoms. The molecule has 0 aliphatic heterocycles. The fourth-order valence-corrected chi connectivity index (χ4v) is 8.33. The zero-order valence-electron chi connectivity index (χ0n) is 51.0. The van der Waals surface area contributed by atoms with Crippen molar-refractivity contribution in [1.82, 2.24) is 50.7 Å². The summed E-state index contributed by atoms with van der Waals surface area (Å²) < 4.78 is 29.6. The molecule has 0 aromatic carbocycles. The third-order valence-electron chi connectivity index (χ3n) is 11.3. The highest BCUT2D eigenvalue weighted by Crippen LogP contribution is 2.17. The largest absolute Gasteiger partial charge is 0.468 e. The Kier molecular flexibility index (Phi) is 36.4. The van der Waals surface area contributed by atoms with Crippen molar-refractivity contribution in [2.75, 3.05) is 120 Å². The third kappa shape index (κ3) is 28.6. The van der Waals surface area contributed by atoms with Gasteiger partial charge in [0, 0.05) is 66.9 Å². The number of esters is 2. The molecule has 468 valence electrons. The Morgan fingerprint density at radius 2 is 0.805 bits per heavy atom. The summed E-state index contributed by atoms with van der Waals surface area (Å²) in [6, 6.07) is -6.32. The number of hydrogen-bond acceptors (Lipinski definition) is 20. The molecule has 0 unspecified atom stereocenters. The van der Waals surface area contributed by atoms with Crippen molar-refractivity contribution in [3.8, 4) is 0 Å². The summed E-state index contributed by atoms with van der Waals surface area (Å²) in [6.07, 6.45) is 3.65. The maximum absolute atomic E-state index is 13.6. The Balaban J connectivity index is 0. The van der Waals surface area contributed by atoms with Gasteiger partial charge in [-0.15, -0.1) is 0 Å². The van der Waals surface area contributed by atoms with Crippen LogP contribution in [0.15, 0.2) is 25.3 Å². The molecule has 0 saturated carbocycles. The Labute approximate surface area is 491 Å². The van der Waals surface area contributed by atoms with Crippen molar-refractivity contribution in [1.29, 1.82) is 0 Å². The molecule has 10 amide bonds. The number of carbonyl (C=O) groups is 12. The van der Waals surface area contributed by atoms with Crippen LogP contribution in [0.1, 0.15) is 68.2 Å². The van der Waals surface area contributed by atoms with Gasteiger partial charge in [0.05, 0.1) is 14.2 Å². The minimum Gasteiger partial charge on any atom is -0.468 e. The van der Waals surface area contributed by atoms with Crippen LogP contribution in [0.2, 0.25) is 0 Å². The van der Waals surface area contributed by atoms with Crippen molar-refractivity contribution in [3.05, 3.63) is 25.3 Å². The highest BCUT2D eigenvalue weighted by Gasteiger charge is 2.39. The van der Waals surface area contributed by atoms with Crippen LogP contribution >= 0.6 is 23.5 Å². The van der Waals surface area contributed by atoms with Crippen LogP contribution in [0, 0.1) is 0 Å². The molecule has 0 rings (SSSR count). The van der Waals surface area contributed by atoms with Crippen LogP contribution in [0.3, 0.4) is 0 Å². The van der Waals surface area contributed by atoms with E-state index in [4.69, 9.17) is 18.9 Å². The molecule has 0 saturated heterocycles. The first-order valence-corrected chi connectivity index (χ1v) is 28.6. The topological polar surface area (TPSA) is 328 Å². The first-order valence-electron chi connectivity index (χ1n) is 25.8. The van der Waals surface area contributed by atoms with Gasteiger partial charge in [0.1, 0.15) is 73.8 Å². The summed E-state index contributed by atoms with van der Waals surface area (Å²) in [5.74, 6) is -4.48. The number of thioether (sulfide) groups is 2. The maximum Gasteiger partial charge on any atom is 0.410 e. The van der Waals surface area contributed by atoms with Gasteiger partial charge in [-0.25, -0.2) is 19.2 Å². The number of rotatable bonds is 30. The number of nitrogens with one attached hydrogen (secondary N) is 4. The third-order valence-corrected chi connectivity index (χ3v) is 12.6. The summed E-state index contributed by atoms with van der Waals surface area (Å²) in [6.45, 7) is 18.8. The molecule has 82 heavy (non-hydrogen) atoms. The Morgan fingerprint density at radius 1 is 0.500 bits per heavy atom. The van der Waals surface area contributed by atoms with Crippen LogP contribution in [0.5, 0.6) is 0 Å². The zero-order chi connectivity index (χ0) is 63.8. The average Bonchev–Trinajstić information content (AvgIpc) is 3.40. The van der Waals surface area contributed by atoms with Gasteiger partial charge >= 0.3 is 36.3 Å². The van der Waals surface area contributed by atoms with Gasteiger partial charge in [-0.1, -0.05) is 39.2 Å². The number of ether oxygens (including phenoxy) is 6. The molecule has 0 aromatic heterocycles. The van der Waals surface area contributed by atoms with E-state index in [1.165, 1.54) is 107 Å². The summed E-state index contributed by atoms with van der Waals surface area (Å²) >= 11 is 2.65. The first kappa shape index (κ1) is 77.1. The van der Waals surface area contributed by atoms with E-state index in [2.05, 4.69) is 43.9 Å². The summed E-state index contributed by atoms with van der Waals surface area (Å²) in [4.78, 5) is 159. The van der Waals surface area contributed by atoms with Crippen molar-refractivity contribution in [3.63, 3.8) is 0 Å². The van der Waals surface area contributed by atoms with E-state index in [1.54, 1.807) is 67.9 Å². The van der Waals surface area contributed by atoms with Crippen molar-refractivity contribution in [2.24, 2.45) is 0 Å². The van der Waals surface area contributed by atoms with E-state index < -0.39 is 132 Å². The van der Waals surface area contributed by atoms with Crippen LogP contribution in [-0.2, 0) is 66.8 Å². The molecule has 0 aliphatic carbocycles. The van der Waals surface area contributed by atoms with Gasteiger partial charge in [0.2, 0.25) is 35.4 Å². The number of amides is 10. The quantitative estimate of drug-likeness (QED) is 0.0452. The molecule has 0 aromatic rings. The molecule has 4 N–H and O–H groups in total. The van der Waals surface area contributed by atoms with Gasteiger partial charge in [-0.3, -0.25) is 48.2 Å². The number of alkyl carbamates (subject to hydrolysis) is 2. The fraction of sp³-hybridized carbons (Fsp3) is 0.692. The second kappa shape index (κ2) is 38.7. The van der Waals surface area contributed by atoms with Crippen LogP contribution in [0.4, 0.5) is 19.2 Å². The van der Waals surface area contributed by atoms with E-state index in [0.29, 0.717) is 0 Å². The van der Waals surface area contributed by atoms with E-state index in [-0.39, 0.29) is 50.7 Å². The highest BCUT2D eigenvalue weighted by atomic mass is 32.2. The number of methoxy groups -OCH3 is 2. The molecule has 6 atom stereocenters.